The van der Waals surface area contributed by atoms with Gasteiger partial charge >= 0.3 is 0 Å². The molecule has 1 fully saturated rings. The second-order valence-electron chi connectivity index (χ2n) is 5.20. The zero-order valence-electron chi connectivity index (χ0n) is 10.8. The summed E-state index contributed by atoms with van der Waals surface area (Å²) in [6.45, 7) is 1.81. The van der Waals surface area contributed by atoms with E-state index in [9.17, 15) is 9.90 Å². The van der Waals surface area contributed by atoms with E-state index in [2.05, 4.69) is 63.0 Å². The van der Waals surface area contributed by atoms with E-state index < -0.39 is 8.65 Å². The van der Waals surface area contributed by atoms with Crippen LogP contribution in [-0.2, 0) is 4.79 Å². The number of alkyl halides is 2. The monoisotopic (exact) mass is 477 g/mol. The standard InChI is InChI=1S/C13H10Br3N3O2/c1-12(5-13(12,15)16)11(21)19-18-9-8-6(14)3-2-4-7(8)17-10(9)20/h2-4,17,20H,5H2,1H3/t12-/m1/s1. The Hall–Kier alpha value is -0.730. The number of nitrogens with one attached hydrogen (secondary N) is 1. The molecule has 0 saturated heterocycles. The Morgan fingerprint density at radius 2 is 2.10 bits per heavy atom. The summed E-state index contributed by atoms with van der Waals surface area (Å²) in [5.41, 5.74) is 0.358. The summed E-state index contributed by atoms with van der Waals surface area (Å²) in [5, 5.41) is 18.3. The number of carbonyl (C=O) groups excluding carboxylic acids is 1. The maximum atomic E-state index is 12.1. The topological polar surface area (TPSA) is 77.8 Å². The number of hydrogen-bond acceptors (Lipinski definition) is 3. The van der Waals surface area contributed by atoms with Crippen LogP contribution in [0.1, 0.15) is 13.3 Å². The second kappa shape index (κ2) is 4.89. The Morgan fingerprint density at radius 3 is 2.71 bits per heavy atom. The van der Waals surface area contributed by atoms with Gasteiger partial charge in [0.25, 0.3) is 5.91 Å². The Bertz CT molecular complexity index is 784. The van der Waals surface area contributed by atoms with Crippen LogP contribution in [0.4, 0.5) is 5.69 Å². The van der Waals surface area contributed by atoms with Crippen molar-refractivity contribution in [2.24, 2.45) is 15.6 Å². The zero-order chi connectivity index (χ0) is 15.4. The van der Waals surface area contributed by atoms with Crippen molar-refractivity contribution in [2.75, 3.05) is 0 Å². The third kappa shape index (κ3) is 2.37. The summed E-state index contributed by atoms with van der Waals surface area (Å²) in [7, 11) is 0. The molecule has 1 atom stereocenters. The lowest BCUT2D eigenvalue weighted by atomic mass is 10.1. The van der Waals surface area contributed by atoms with E-state index in [0.717, 1.165) is 9.99 Å². The number of carbonyl (C=O) groups is 1. The Morgan fingerprint density at radius 1 is 1.43 bits per heavy atom. The number of halogens is 3. The molecule has 0 spiro atoms. The number of fused-ring (bicyclic) bond motifs is 1. The highest BCUT2D eigenvalue weighted by Crippen LogP contribution is 2.66. The number of benzene rings is 1. The molecule has 1 aliphatic rings. The van der Waals surface area contributed by atoms with Crippen LogP contribution >= 0.6 is 47.8 Å². The van der Waals surface area contributed by atoms with E-state index in [1.165, 1.54) is 0 Å². The fourth-order valence-corrected chi connectivity index (χ4v) is 4.12. The van der Waals surface area contributed by atoms with Crippen LogP contribution in [0.25, 0.3) is 10.9 Å². The first-order valence-corrected chi connectivity index (χ1v) is 8.47. The van der Waals surface area contributed by atoms with Crippen LogP contribution in [-0.4, -0.2) is 19.2 Å². The molecule has 1 aromatic carbocycles. The summed E-state index contributed by atoms with van der Waals surface area (Å²) >= 11 is 10.3. The minimum atomic E-state index is -0.616. The lowest BCUT2D eigenvalue weighted by Gasteiger charge is -2.05. The van der Waals surface area contributed by atoms with Crippen LogP contribution in [0.5, 0.6) is 5.88 Å². The fraction of sp³-hybridized carbons (Fsp3) is 0.308. The van der Waals surface area contributed by atoms with Gasteiger partial charge in [0.05, 0.1) is 14.2 Å². The number of rotatable bonds is 2. The number of azo groups is 1. The quantitative estimate of drug-likeness (QED) is 0.462. The molecular weight excluding hydrogens is 470 g/mol. The lowest BCUT2D eigenvalue weighted by molar-refractivity contribution is -0.122. The van der Waals surface area contributed by atoms with Gasteiger partial charge in [0.1, 0.15) is 0 Å². The largest absolute Gasteiger partial charge is 0.493 e. The highest BCUT2D eigenvalue weighted by atomic mass is 79.9. The average Bonchev–Trinajstić information content (AvgIpc) is 2.76. The van der Waals surface area contributed by atoms with Gasteiger partial charge in [-0.15, -0.1) is 10.2 Å². The van der Waals surface area contributed by atoms with E-state index in [0.29, 0.717) is 11.8 Å². The van der Waals surface area contributed by atoms with E-state index in [1.54, 1.807) is 0 Å². The third-order valence-corrected chi connectivity index (χ3v) is 6.67. The highest BCUT2D eigenvalue weighted by molar-refractivity contribution is 9.25. The van der Waals surface area contributed by atoms with Crippen molar-refractivity contribution in [1.82, 2.24) is 4.98 Å². The van der Waals surface area contributed by atoms with Crippen LogP contribution in [0.3, 0.4) is 0 Å². The fourth-order valence-electron chi connectivity index (χ4n) is 2.11. The number of nitrogens with zero attached hydrogens (tertiary/aromatic N) is 2. The van der Waals surface area contributed by atoms with Crippen molar-refractivity contribution < 1.29 is 9.90 Å². The van der Waals surface area contributed by atoms with Crippen LogP contribution in [0, 0.1) is 5.41 Å². The lowest BCUT2D eigenvalue weighted by Crippen LogP contribution is -2.14. The molecule has 21 heavy (non-hydrogen) atoms. The summed E-state index contributed by atoms with van der Waals surface area (Å²) < 4.78 is 0.359. The SMILES string of the molecule is C[C@]1(C(=O)N=Nc2c(O)[nH]c3cccc(Br)c23)CC1(Br)Br. The number of aromatic amines is 1. The summed E-state index contributed by atoms with van der Waals surface area (Å²) in [4.78, 5) is 15.0. The summed E-state index contributed by atoms with van der Waals surface area (Å²) in [5.74, 6) is -0.449. The normalized spacial score (nSPS) is 23.8. The van der Waals surface area contributed by atoms with Gasteiger partial charge in [0, 0.05) is 9.86 Å². The molecule has 110 valence electrons. The van der Waals surface area contributed by atoms with E-state index in [-0.39, 0.29) is 17.5 Å². The van der Waals surface area contributed by atoms with Crippen LogP contribution < -0.4 is 0 Å². The van der Waals surface area contributed by atoms with Crippen molar-refractivity contribution >= 4 is 70.3 Å². The molecule has 1 aliphatic carbocycles. The maximum Gasteiger partial charge on any atom is 0.272 e. The predicted molar refractivity (Wildman–Crippen MR) is 90.5 cm³/mol. The minimum Gasteiger partial charge on any atom is -0.493 e. The third-order valence-electron chi connectivity index (χ3n) is 3.70. The first kappa shape index (κ1) is 15.2. The van der Waals surface area contributed by atoms with Gasteiger partial charge in [-0.05, 0) is 25.5 Å². The van der Waals surface area contributed by atoms with Crippen molar-refractivity contribution in [3.63, 3.8) is 0 Å². The molecule has 1 heterocycles. The Labute approximate surface area is 145 Å². The molecule has 1 aromatic heterocycles. The van der Waals surface area contributed by atoms with Gasteiger partial charge in [-0.3, -0.25) is 4.79 Å². The van der Waals surface area contributed by atoms with Crippen molar-refractivity contribution in [2.45, 2.75) is 16.6 Å². The molecule has 0 aliphatic heterocycles. The molecule has 5 nitrogen and oxygen atoms in total. The highest BCUT2D eigenvalue weighted by Gasteiger charge is 2.67. The molecule has 2 aromatic rings. The second-order valence-corrected chi connectivity index (χ2v) is 9.83. The van der Waals surface area contributed by atoms with Crippen molar-refractivity contribution in [1.29, 1.82) is 0 Å². The number of aromatic hydroxyl groups is 1. The summed E-state index contributed by atoms with van der Waals surface area (Å²) in [6, 6.07) is 5.48. The predicted octanol–water partition coefficient (Wildman–Crippen LogP) is 5.14. The zero-order valence-corrected chi connectivity index (χ0v) is 15.6. The molecule has 3 rings (SSSR count). The summed E-state index contributed by atoms with van der Waals surface area (Å²) in [6.07, 6.45) is 0.640. The molecule has 1 amide bonds. The van der Waals surface area contributed by atoms with E-state index in [1.807, 2.05) is 25.1 Å². The van der Waals surface area contributed by atoms with Gasteiger partial charge in [-0.25, -0.2) is 0 Å². The number of aromatic nitrogens is 1. The van der Waals surface area contributed by atoms with E-state index in [4.69, 9.17) is 0 Å². The first-order valence-electron chi connectivity index (χ1n) is 6.09. The van der Waals surface area contributed by atoms with Gasteiger partial charge in [0.2, 0.25) is 5.88 Å². The van der Waals surface area contributed by atoms with E-state index >= 15 is 0 Å². The van der Waals surface area contributed by atoms with Gasteiger partial charge in [-0.1, -0.05) is 53.9 Å². The first-order chi connectivity index (χ1) is 9.76. The van der Waals surface area contributed by atoms with Crippen LogP contribution in [0.15, 0.2) is 32.9 Å². The van der Waals surface area contributed by atoms with Crippen LogP contribution in [0.2, 0.25) is 0 Å². The molecular formula is C13H10Br3N3O2. The minimum absolute atomic E-state index is 0.113. The molecule has 0 radical (unpaired) electrons. The maximum absolute atomic E-state index is 12.1. The number of hydrogen-bond donors (Lipinski definition) is 2. The molecule has 1 saturated carbocycles. The van der Waals surface area contributed by atoms with Gasteiger partial charge < -0.3 is 10.1 Å². The van der Waals surface area contributed by atoms with Gasteiger partial charge in [0.15, 0.2) is 5.69 Å². The van der Waals surface area contributed by atoms with Gasteiger partial charge in [-0.2, -0.15) is 0 Å². The van der Waals surface area contributed by atoms with Crippen molar-refractivity contribution in [3.05, 3.63) is 22.7 Å². The smallest absolute Gasteiger partial charge is 0.272 e. The average molecular weight is 480 g/mol. The molecule has 2 N–H and O–H groups in total. The number of amides is 1. The Kier molecular flexibility index (Phi) is 3.53. The molecule has 0 unspecified atom stereocenters. The molecule has 0 bridgehead atoms. The molecule has 8 heteroatoms. The number of H-pyrrole nitrogens is 1. The van der Waals surface area contributed by atoms with Crippen molar-refractivity contribution in [3.8, 4) is 5.88 Å². The Balaban J connectivity index is 1.98.